The summed E-state index contributed by atoms with van der Waals surface area (Å²) in [5, 5.41) is 0. The van der Waals surface area contributed by atoms with Gasteiger partial charge in [-0.1, -0.05) is 12.1 Å². The van der Waals surface area contributed by atoms with Crippen molar-refractivity contribution in [2.75, 3.05) is 6.54 Å². The van der Waals surface area contributed by atoms with Crippen LogP contribution in [0.2, 0.25) is 0 Å². The van der Waals surface area contributed by atoms with Crippen LogP contribution >= 0.6 is 11.3 Å². The van der Waals surface area contributed by atoms with Crippen molar-refractivity contribution in [2.24, 2.45) is 0 Å². The Morgan fingerprint density at radius 2 is 1.80 bits per heavy atom. The highest BCUT2D eigenvalue weighted by atomic mass is 32.2. The summed E-state index contributed by atoms with van der Waals surface area (Å²) in [6.07, 6.45) is -4.03. The summed E-state index contributed by atoms with van der Waals surface area (Å²) < 4.78 is 80.7. The van der Waals surface area contributed by atoms with Gasteiger partial charge >= 0.3 is 6.18 Å². The Morgan fingerprint density at radius 3 is 2.43 bits per heavy atom. The first-order valence-corrected chi connectivity index (χ1v) is 10.9. The second-order valence-corrected chi connectivity index (χ2v) is 9.22. The van der Waals surface area contributed by atoms with Crippen molar-refractivity contribution in [1.82, 2.24) is 4.72 Å². The van der Waals surface area contributed by atoms with Crippen molar-refractivity contribution < 1.29 is 30.8 Å². The van der Waals surface area contributed by atoms with E-state index in [0.717, 1.165) is 23.5 Å². The molecule has 0 aliphatic rings. The Bertz CT molecular complexity index is 1170. The molecular formula is C20H15F4NO3S2. The van der Waals surface area contributed by atoms with Crippen LogP contribution in [0.15, 0.2) is 59.5 Å². The first-order chi connectivity index (χ1) is 14.1. The molecule has 0 amide bonds. The lowest BCUT2D eigenvalue weighted by molar-refractivity contribution is -0.137. The molecule has 10 heteroatoms. The van der Waals surface area contributed by atoms with E-state index in [1.807, 2.05) is 0 Å². The standard InChI is InChI=1S/C20H15F4NO3S2/c21-16-3-1-2-13(8-16)6-7-25-30(27,28)18-10-14(9-15(11-18)20(22,23)24)19-5-4-17(12-26)29-19/h1-5,8-12,25H,6-7H2. The first-order valence-electron chi connectivity index (χ1n) is 8.60. The largest absolute Gasteiger partial charge is 0.416 e. The van der Waals surface area contributed by atoms with E-state index in [1.54, 1.807) is 6.07 Å². The maximum Gasteiger partial charge on any atom is 0.416 e. The summed E-state index contributed by atoms with van der Waals surface area (Å²) in [6, 6.07) is 11.0. The lowest BCUT2D eigenvalue weighted by Gasteiger charge is -2.13. The number of thiophene rings is 1. The van der Waals surface area contributed by atoms with E-state index in [-0.39, 0.29) is 18.5 Å². The Labute approximate surface area is 174 Å². The van der Waals surface area contributed by atoms with E-state index in [1.165, 1.54) is 30.3 Å². The molecule has 0 spiro atoms. The highest BCUT2D eigenvalue weighted by Crippen LogP contribution is 2.36. The molecule has 4 nitrogen and oxygen atoms in total. The molecule has 0 atom stereocenters. The molecule has 0 bridgehead atoms. The number of alkyl halides is 3. The summed E-state index contributed by atoms with van der Waals surface area (Å²) in [6.45, 7) is -0.119. The van der Waals surface area contributed by atoms with Gasteiger partial charge in [-0.15, -0.1) is 11.3 Å². The summed E-state index contributed by atoms with van der Waals surface area (Å²) >= 11 is 0.955. The van der Waals surface area contributed by atoms with Gasteiger partial charge in [-0.25, -0.2) is 17.5 Å². The molecule has 0 saturated heterocycles. The number of nitrogens with one attached hydrogen (secondary N) is 1. The first kappa shape index (κ1) is 22.1. The molecule has 158 valence electrons. The maximum absolute atomic E-state index is 13.3. The molecule has 0 aliphatic heterocycles. The van der Waals surface area contributed by atoms with Gasteiger partial charge in [-0.3, -0.25) is 4.79 Å². The Kier molecular flexibility index (Phi) is 6.39. The number of hydrogen-bond donors (Lipinski definition) is 1. The molecule has 0 saturated carbocycles. The minimum absolute atomic E-state index is 0.0356. The third-order valence-corrected chi connectivity index (χ3v) is 6.67. The number of hydrogen-bond acceptors (Lipinski definition) is 4. The predicted octanol–water partition coefficient (Wildman–Crippen LogP) is 4.91. The minimum atomic E-state index is -4.76. The molecule has 3 aromatic rings. The van der Waals surface area contributed by atoms with Crippen molar-refractivity contribution in [2.45, 2.75) is 17.5 Å². The van der Waals surface area contributed by atoms with Gasteiger partial charge in [0.25, 0.3) is 0 Å². The van der Waals surface area contributed by atoms with E-state index >= 15 is 0 Å². The van der Waals surface area contributed by atoms with Gasteiger partial charge in [0.1, 0.15) is 5.82 Å². The van der Waals surface area contributed by atoms with Gasteiger partial charge in [0.2, 0.25) is 10.0 Å². The molecule has 2 aromatic carbocycles. The van der Waals surface area contributed by atoms with Crippen LogP contribution in [0.5, 0.6) is 0 Å². The summed E-state index contributed by atoms with van der Waals surface area (Å²) in [4.78, 5) is 11.0. The van der Waals surface area contributed by atoms with Crippen LogP contribution in [0.1, 0.15) is 20.8 Å². The number of rotatable bonds is 7. The van der Waals surface area contributed by atoms with Crippen LogP contribution in [0.3, 0.4) is 0 Å². The fraction of sp³-hybridized carbons (Fsp3) is 0.150. The third kappa shape index (κ3) is 5.32. The number of halogens is 4. The zero-order chi connectivity index (χ0) is 21.9. The fourth-order valence-corrected chi connectivity index (χ4v) is 4.65. The Morgan fingerprint density at radius 1 is 1.03 bits per heavy atom. The number of benzene rings is 2. The van der Waals surface area contributed by atoms with Gasteiger partial charge < -0.3 is 0 Å². The van der Waals surface area contributed by atoms with E-state index in [4.69, 9.17) is 0 Å². The van der Waals surface area contributed by atoms with Gasteiger partial charge in [0, 0.05) is 11.4 Å². The van der Waals surface area contributed by atoms with Gasteiger partial charge in [0.05, 0.1) is 15.3 Å². The van der Waals surface area contributed by atoms with Crippen LogP contribution in [-0.4, -0.2) is 21.2 Å². The van der Waals surface area contributed by atoms with Crippen LogP contribution in [0.25, 0.3) is 10.4 Å². The molecule has 0 aliphatic carbocycles. The highest BCUT2D eigenvalue weighted by Gasteiger charge is 2.33. The normalized spacial score (nSPS) is 12.1. The molecule has 3 rings (SSSR count). The van der Waals surface area contributed by atoms with Crippen molar-refractivity contribution >= 4 is 27.6 Å². The fourth-order valence-electron chi connectivity index (χ4n) is 2.74. The van der Waals surface area contributed by atoms with Crippen LogP contribution in [-0.2, 0) is 22.6 Å². The second-order valence-electron chi connectivity index (χ2n) is 6.34. The van der Waals surface area contributed by atoms with Gasteiger partial charge in [0.15, 0.2) is 6.29 Å². The topological polar surface area (TPSA) is 63.2 Å². The molecule has 1 heterocycles. The van der Waals surface area contributed by atoms with E-state index < -0.39 is 32.5 Å². The summed E-state index contributed by atoms with van der Waals surface area (Å²) in [5.74, 6) is -0.469. The zero-order valence-corrected chi connectivity index (χ0v) is 16.9. The molecular weight excluding hydrogens is 442 g/mol. The van der Waals surface area contributed by atoms with Crippen LogP contribution in [0.4, 0.5) is 17.6 Å². The summed E-state index contributed by atoms with van der Waals surface area (Å²) in [7, 11) is -4.26. The second kappa shape index (κ2) is 8.66. The number of sulfonamides is 1. The van der Waals surface area contributed by atoms with Crippen molar-refractivity contribution in [3.05, 3.63) is 76.4 Å². The average molecular weight is 457 g/mol. The third-order valence-electron chi connectivity index (χ3n) is 4.17. The monoisotopic (exact) mass is 457 g/mol. The maximum atomic E-state index is 13.3. The lowest BCUT2D eigenvalue weighted by Crippen LogP contribution is -2.26. The van der Waals surface area contributed by atoms with Crippen LogP contribution in [0, 0.1) is 5.82 Å². The predicted molar refractivity (Wildman–Crippen MR) is 105 cm³/mol. The van der Waals surface area contributed by atoms with Gasteiger partial charge in [-0.2, -0.15) is 13.2 Å². The van der Waals surface area contributed by atoms with E-state index in [9.17, 15) is 30.8 Å². The Balaban J connectivity index is 1.90. The van der Waals surface area contributed by atoms with E-state index in [2.05, 4.69) is 4.72 Å². The van der Waals surface area contributed by atoms with Crippen LogP contribution < -0.4 is 4.72 Å². The van der Waals surface area contributed by atoms with Crippen molar-refractivity contribution in [1.29, 1.82) is 0 Å². The molecule has 1 N–H and O–H groups in total. The molecule has 1 aromatic heterocycles. The van der Waals surface area contributed by atoms with Gasteiger partial charge in [-0.05, 0) is 60.0 Å². The Hall–Kier alpha value is -2.56. The molecule has 0 radical (unpaired) electrons. The SMILES string of the molecule is O=Cc1ccc(-c2cc(C(F)(F)F)cc(S(=O)(=O)NCCc3cccc(F)c3)c2)s1. The molecule has 0 fully saturated rings. The molecule has 30 heavy (non-hydrogen) atoms. The smallest absolute Gasteiger partial charge is 0.297 e. The number of aldehydes is 1. The number of carbonyl (C=O) groups excluding carboxylic acids is 1. The van der Waals surface area contributed by atoms with Crippen molar-refractivity contribution in [3.63, 3.8) is 0 Å². The summed E-state index contributed by atoms with van der Waals surface area (Å²) in [5.41, 5.74) is -0.539. The number of carbonyl (C=O) groups is 1. The average Bonchev–Trinajstić information content (AvgIpc) is 3.16. The highest BCUT2D eigenvalue weighted by molar-refractivity contribution is 7.89. The quantitative estimate of drug-likeness (QED) is 0.405. The lowest BCUT2D eigenvalue weighted by atomic mass is 10.1. The van der Waals surface area contributed by atoms with Crippen molar-refractivity contribution in [3.8, 4) is 10.4 Å². The van der Waals surface area contributed by atoms with E-state index in [0.29, 0.717) is 27.7 Å². The minimum Gasteiger partial charge on any atom is -0.297 e. The zero-order valence-electron chi connectivity index (χ0n) is 15.2. The molecule has 0 unspecified atom stereocenters.